The highest BCUT2D eigenvalue weighted by Crippen LogP contribution is 2.44. The number of benzene rings is 6. The molecular formula is C68H72BBrF2N6O14S2. The van der Waals surface area contributed by atoms with E-state index in [1.54, 1.807) is 75.6 Å². The molecule has 11 rings (SSSR count). The van der Waals surface area contributed by atoms with Gasteiger partial charge in [0.2, 0.25) is 20.0 Å². The molecule has 494 valence electrons. The summed E-state index contributed by atoms with van der Waals surface area (Å²) in [6, 6.07) is 32.4. The predicted molar refractivity (Wildman–Crippen MR) is 366 cm³/mol. The molecule has 6 aromatic carbocycles. The van der Waals surface area contributed by atoms with Crippen molar-refractivity contribution in [3.63, 3.8) is 0 Å². The number of aromatic nitrogens is 2. The number of nitrogens with one attached hydrogen (secondary N) is 2. The predicted octanol–water partition coefficient (Wildman–Crippen LogP) is 13.9. The van der Waals surface area contributed by atoms with Gasteiger partial charge in [-0.1, -0.05) is 18.2 Å². The van der Waals surface area contributed by atoms with E-state index in [2.05, 4.69) is 26.6 Å². The minimum absolute atomic E-state index is 0.222. The van der Waals surface area contributed by atoms with Crippen molar-refractivity contribution >= 4 is 128 Å². The van der Waals surface area contributed by atoms with Gasteiger partial charge in [-0.25, -0.2) is 35.2 Å². The van der Waals surface area contributed by atoms with Crippen LogP contribution in [0.3, 0.4) is 0 Å². The first-order chi connectivity index (χ1) is 43.7. The molecule has 20 nitrogen and oxygen atoms in total. The van der Waals surface area contributed by atoms with Crippen molar-refractivity contribution in [2.24, 2.45) is 0 Å². The van der Waals surface area contributed by atoms with Gasteiger partial charge in [-0.15, -0.1) is 0 Å². The van der Waals surface area contributed by atoms with Gasteiger partial charge in [-0.3, -0.25) is 27.3 Å². The summed E-state index contributed by atoms with van der Waals surface area (Å²) >= 11 is 3.36. The molecule has 0 bridgehead atoms. The van der Waals surface area contributed by atoms with Crippen LogP contribution in [0.4, 0.5) is 29.7 Å². The number of halogens is 3. The number of hydrogen-bond donors (Lipinski definition) is 2. The third-order valence-electron chi connectivity index (χ3n) is 15.8. The summed E-state index contributed by atoms with van der Waals surface area (Å²) in [5.74, 6) is -1.14. The second-order valence-electron chi connectivity index (χ2n) is 25.4. The van der Waals surface area contributed by atoms with Crippen molar-refractivity contribution in [3.8, 4) is 33.8 Å². The molecule has 2 amide bonds. The number of carbonyl (C=O) groups excluding carboxylic acids is 4. The normalized spacial score (nSPS) is 13.9. The van der Waals surface area contributed by atoms with E-state index in [1.807, 2.05) is 78.8 Å². The summed E-state index contributed by atoms with van der Waals surface area (Å²) in [5, 5.41) is 7.81. The van der Waals surface area contributed by atoms with Crippen LogP contribution in [0.5, 0.6) is 0 Å². The van der Waals surface area contributed by atoms with E-state index in [4.69, 9.17) is 27.6 Å². The smallest absolute Gasteiger partial charge is 0.455 e. The van der Waals surface area contributed by atoms with Crippen molar-refractivity contribution in [2.45, 2.75) is 91.6 Å². The summed E-state index contributed by atoms with van der Waals surface area (Å²) in [4.78, 5) is 50.7. The van der Waals surface area contributed by atoms with Crippen molar-refractivity contribution in [1.29, 1.82) is 0 Å². The average Bonchev–Trinajstić information content (AvgIpc) is 1.57. The van der Waals surface area contributed by atoms with Gasteiger partial charge in [-0.2, -0.15) is 0 Å². The Morgan fingerprint density at radius 2 is 0.947 bits per heavy atom. The second-order valence-corrected chi connectivity index (χ2v) is 30.3. The quantitative estimate of drug-likeness (QED) is 0.121. The largest absolute Gasteiger partial charge is 0.494 e. The minimum atomic E-state index is -3.70. The van der Waals surface area contributed by atoms with Crippen LogP contribution < -0.4 is 24.7 Å². The first-order valence-corrected chi connectivity index (χ1v) is 33.9. The maximum Gasteiger partial charge on any atom is 0.494 e. The molecule has 4 aromatic heterocycles. The zero-order valence-corrected chi connectivity index (χ0v) is 58.0. The Bertz CT molecular complexity index is 4840. The maximum atomic E-state index is 13.7. The monoisotopic (exact) mass is 1390 g/mol. The van der Waals surface area contributed by atoms with Gasteiger partial charge in [0.25, 0.3) is 11.8 Å². The number of amides is 2. The summed E-state index contributed by atoms with van der Waals surface area (Å²) in [7, 11) is -1.76. The van der Waals surface area contributed by atoms with Crippen LogP contribution in [0.25, 0.3) is 77.5 Å². The Morgan fingerprint density at radius 3 is 1.37 bits per heavy atom. The van der Waals surface area contributed by atoms with Crippen molar-refractivity contribution in [1.82, 2.24) is 19.8 Å². The van der Waals surface area contributed by atoms with Crippen molar-refractivity contribution < 1.29 is 72.4 Å². The molecule has 1 aliphatic rings. The number of fused-ring (bicyclic) bond motifs is 4. The average molecular weight is 1390 g/mol. The third-order valence-corrected chi connectivity index (χ3v) is 18.8. The Labute approximate surface area is 552 Å². The number of ether oxygens (including phenoxy) is 2. The number of carbonyl (C=O) groups is 4. The number of hydrogen-bond acceptors (Lipinski definition) is 14. The second kappa shape index (κ2) is 25.8. The van der Waals surface area contributed by atoms with E-state index in [1.165, 1.54) is 85.9 Å². The maximum absolute atomic E-state index is 13.7. The lowest BCUT2D eigenvalue weighted by molar-refractivity contribution is 0.00578. The van der Waals surface area contributed by atoms with Crippen LogP contribution in [0.1, 0.15) is 90.0 Å². The first-order valence-electron chi connectivity index (χ1n) is 29.5. The van der Waals surface area contributed by atoms with Gasteiger partial charge in [0.15, 0.2) is 0 Å². The number of sulfonamides is 2. The molecule has 0 saturated carbocycles. The molecule has 0 radical (unpaired) electrons. The Hall–Kier alpha value is -8.82. The number of anilines is 2. The molecule has 0 spiro atoms. The Kier molecular flexibility index (Phi) is 19.1. The fourth-order valence-corrected chi connectivity index (χ4v) is 11.9. The van der Waals surface area contributed by atoms with Gasteiger partial charge in [-0.05, 0) is 193 Å². The molecule has 1 fully saturated rings. The molecule has 0 aliphatic carbocycles. The van der Waals surface area contributed by atoms with Crippen molar-refractivity contribution in [3.05, 3.63) is 161 Å². The molecule has 1 saturated heterocycles. The fraction of sp³-hybridized carbons (Fsp3) is 0.294. The molecule has 10 aromatic rings. The van der Waals surface area contributed by atoms with E-state index in [0.29, 0.717) is 60.0 Å². The number of furan rings is 2. The van der Waals surface area contributed by atoms with E-state index < -0.39 is 62.0 Å². The van der Waals surface area contributed by atoms with Crippen LogP contribution in [0.15, 0.2) is 147 Å². The van der Waals surface area contributed by atoms with Crippen LogP contribution in [-0.2, 0) is 38.8 Å². The van der Waals surface area contributed by atoms with Crippen LogP contribution in [0.2, 0.25) is 0 Å². The zero-order chi connectivity index (χ0) is 69.1. The molecule has 26 heteroatoms. The van der Waals surface area contributed by atoms with Gasteiger partial charge >= 0.3 is 19.3 Å². The van der Waals surface area contributed by atoms with Gasteiger partial charge in [0.1, 0.15) is 45.5 Å². The molecule has 2 N–H and O–H groups in total. The SMILES string of the molecule is CC(C)(C)OC(=O)n1ccc2cc(B3OC(C)(C)C(C)(C)O3)ccc21.CNC(=O)c1c(-c2ccc(F)cc2)oc2cc(N(C)S(C)(=O)=O)c(-c3ccc4c(ccn4C(=O)OC(C)(C)C)c3)cc12.CNC(=O)c1c(-c2ccc(F)cc2)oc2cc(N(C)S(C)(=O)=O)c(Br)cc12. The highest BCUT2D eigenvalue weighted by molar-refractivity contribution is 9.10. The van der Waals surface area contributed by atoms with E-state index in [9.17, 15) is 44.8 Å². The van der Waals surface area contributed by atoms with Crippen molar-refractivity contribution in [2.75, 3.05) is 49.3 Å². The molecule has 5 heterocycles. The summed E-state index contributed by atoms with van der Waals surface area (Å²) in [6.07, 6.45) is 4.62. The summed E-state index contributed by atoms with van der Waals surface area (Å²) in [6.45, 7) is 19.1. The standard InChI is InChI=1S/C31H30FN3O6S.C19H26BNO4.C18H16BrFN2O4S/c1-31(2,3)41-30(37)35-14-13-20-15-19(9-12-24(20)35)22-16-23-26(17-25(22)34(5)42(6,38)39)40-28(27(23)29(36)33-4)18-7-10-21(32)11-8-18;1-17(2,3)23-16(22)21-11-10-13-12-14(8-9-15(13)21)20-24-18(4,5)19(6,7)25-20;1-21-18(23)16-12-8-13(19)14(22(2)27(3,24)25)9-15(12)26-17(16)10-4-6-11(20)7-5-10/h7-17H,1-6H3,(H,33,36);8-12H,1-7H3;4-9H,1-3H3,(H,21,23). The number of nitrogens with zero attached hydrogens (tertiary/aromatic N) is 4. The minimum Gasteiger partial charge on any atom is -0.455 e. The van der Waals surface area contributed by atoms with Crippen LogP contribution in [-0.4, -0.2) is 120 Å². The highest BCUT2D eigenvalue weighted by atomic mass is 79.9. The number of rotatable bonds is 10. The summed E-state index contributed by atoms with van der Waals surface area (Å²) < 4.78 is 117. The van der Waals surface area contributed by atoms with Crippen LogP contribution in [0, 0.1) is 11.6 Å². The molecule has 0 atom stereocenters. The van der Waals surface area contributed by atoms with Crippen LogP contribution >= 0.6 is 15.9 Å². The lowest BCUT2D eigenvalue weighted by Crippen LogP contribution is -2.41. The van der Waals surface area contributed by atoms with Gasteiger partial charge in [0, 0.05) is 90.0 Å². The molecule has 1 aliphatic heterocycles. The van der Waals surface area contributed by atoms with E-state index >= 15 is 0 Å². The Balaban J connectivity index is 0.000000174. The lowest BCUT2D eigenvalue weighted by Gasteiger charge is -2.32. The summed E-state index contributed by atoms with van der Waals surface area (Å²) in [5.41, 5.74) is 4.36. The zero-order valence-electron chi connectivity index (χ0n) is 54.7. The topological polar surface area (TPSA) is 240 Å². The van der Waals surface area contributed by atoms with Gasteiger partial charge < -0.3 is 38.3 Å². The van der Waals surface area contributed by atoms with E-state index in [0.717, 1.165) is 42.9 Å². The third kappa shape index (κ3) is 14.6. The van der Waals surface area contributed by atoms with Gasteiger partial charge in [0.05, 0.1) is 57.2 Å². The Morgan fingerprint density at radius 1 is 0.553 bits per heavy atom. The molecule has 0 unspecified atom stereocenters. The first kappa shape index (κ1) is 69.5. The highest BCUT2D eigenvalue weighted by Gasteiger charge is 2.52. The molecule has 94 heavy (non-hydrogen) atoms. The molecular weight excluding hydrogens is 1320 g/mol. The van der Waals surface area contributed by atoms with E-state index in [-0.39, 0.29) is 51.4 Å². The lowest BCUT2D eigenvalue weighted by atomic mass is 9.79. The fourth-order valence-electron chi connectivity index (χ4n) is 10.2.